The van der Waals surface area contributed by atoms with Crippen LogP contribution in [0.4, 0.5) is 5.82 Å². The molecule has 0 bridgehead atoms. The molecule has 1 fully saturated rings. The fraction of sp³-hybridized carbons (Fsp3) is 0.375. The Balaban J connectivity index is 2.27. The molecule has 1 aliphatic rings. The van der Waals surface area contributed by atoms with Crippen molar-refractivity contribution in [3.8, 4) is 0 Å². The second-order valence-electron chi connectivity index (χ2n) is 3.17. The van der Waals surface area contributed by atoms with Gasteiger partial charge in [-0.1, -0.05) is 11.6 Å². The van der Waals surface area contributed by atoms with Crippen LogP contribution in [0.25, 0.3) is 0 Å². The SMILES string of the molecule is NC1CC(=O)N(c2cc(Cl)ncn2)C1. The predicted octanol–water partition coefficient (Wildman–Crippen LogP) is 0.194. The summed E-state index contributed by atoms with van der Waals surface area (Å²) in [6.45, 7) is 0.492. The second kappa shape index (κ2) is 3.51. The average Bonchev–Trinajstić information content (AvgIpc) is 2.45. The molecule has 1 atom stereocenters. The third kappa shape index (κ3) is 1.69. The van der Waals surface area contributed by atoms with Crippen LogP contribution in [0.15, 0.2) is 12.4 Å². The van der Waals surface area contributed by atoms with Gasteiger partial charge in [0, 0.05) is 25.1 Å². The number of carbonyl (C=O) groups is 1. The molecule has 1 saturated heterocycles. The summed E-state index contributed by atoms with van der Waals surface area (Å²) >= 11 is 5.69. The van der Waals surface area contributed by atoms with E-state index in [1.54, 1.807) is 6.07 Å². The van der Waals surface area contributed by atoms with Crippen LogP contribution in [0.2, 0.25) is 5.15 Å². The van der Waals surface area contributed by atoms with Crippen LogP contribution < -0.4 is 10.6 Å². The van der Waals surface area contributed by atoms with Gasteiger partial charge < -0.3 is 5.73 Å². The first-order valence-electron chi connectivity index (χ1n) is 4.20. The highest BCUT2D eigenvalue weighted by Crippen LogP contribution is 2.19. The molecular weight excluding hydrogens is 204 g/mol. The Labute approximate surface area is 85.9 Å². The van der Waals surface area contributed by atoms with Gasteiger partial charge in [0.1, 0.15) is 17.3 Å². The molecule has 6 heteroatoms. The van der Waals surface area contributed by atoms with Gasteiger partial charge in [0.15, 0.2) is 0 Å². The predicted molar refractivity (Wildman–Crippen MR) is 52.0 cm³/mol. The molecule has 14 heavy (non-hydrogen) atoms. The fourth-order valence-corrected chi connectivity index (χ4v) is 1.57. The third-order valence-electron chi connectivity index (χ3n) is 2.05. The first kappa shape index (κ1) is 9.36. The topological polar surface area (TPSA) is 72.1 Å². The van der Waals surface area contributed by atoms with Crippen LogP contribution in [-0.4, -0.2) is 28.5 Å². The second-order valence-corrected chi connectivity index (χ2v) is 3.55. The van der Waals surface area contributed by atoms with Crippen LogP contribution in [0, 0.1) is 0 Å². The lowest BCUT2D eigenvalue weighted by atomic mass is 10.3. The summed E-state index contributed by atoms with van der Waals surface area (Å²) in [5, 5.41) is 0.322. The molecule has 1 aromatic rings. The summed E-state index contributed by atoms with van der Waals surface area (Å²) < 4.78 is 0. The third-order valence-corrected chi connectivity index (χ3v) is 2.26. The number of aromatic nitrogens is 2. The van der Waals surface area contributed by atoms with Crippen LogP contribution in [-0.2, 0) is 4.79 Å². The van der Waals surface area contributed by atoms with Crippen molar-refractivity contribution in [1.29, 1.82) is 0 Å². The molecule has 5 nitrogen and oxygen atoms in total. The average molecular weight is 213 g/mol. The zero-order valence-corrected chi connectivity index (χ0v) is 8.11. The summed E-state index contributed by atoms with van der Waals surface area (Å²) in [5.74, 6) is 0.496. The highest BCUT2D eigenvalue weighted by Gasteiger charge is 2.28. The van der Waals surface area contributed by atoms with Gasteiger partial charge in [-0.2, -0.15) is 0 Å². The highest BCUT2D eigenvalue weighted by molar-refractivity contribution is 6.29. The number of amides is 1. The summed E-state index contributed by atoms with van der Waals surface area (Å²) in [4.78, 5) is 20.7. The van der Waals surface area contributed by atoms with E-state index in [2.05, 4.69) is 9.97 Å². The lowest BCUT2D eigenvalue weighted by Crippen LogP contribution is -2.28. The van der Waals surface area contributed by atoms with Crippen molar-refractivity contribution in [3.63, 3.8) is 0 Å². The molecule has 74 valence electrons. The molecule has 0 radical (unpaired) electrons. The monoisotopic (exact) mass is 212 g/mol. The van der Waals surface area contributed by atoms with E-state index in [9.17, 15) is 4.79 Å². The van der Waals surface area contributed by atoms with Crippen LogP contribution in [0.5, 0.6) is 0 Å². The number of nitrogens with two attached hydrogens (primary N) is 1. The molecule has 1 amide bonds. The minimum atomic E-state index is -0.115. The molecular formula is C8H9ClN4O. The lowest BCUT2D eigenvalue weighted by Gasteiger charge is -2.13. The Morgan fingerprint density at radius 3 is 2.93 bits per heavy atom. The minimum Gasteiger partial charge on any atom is -0.326 e. The van der Waals surface area contributed by atoms with E-state index >= 15 is 0 Å². The Hall–Kier alpha value is -1.20. The van der Waals surface area contributed by atoms with Crippen LogP contribution in [0.1, 0.15) is 6.42 Å². The number of hydrogen-bond donors (Lipinski definition) is 1. The Morgan fingerprint density at radius 2 is 2.36 bits per heavy atom. The Bertz CT molecular complexity index is 370. The molecule has 2 heterocycles. The fourth-order valence-electron chi connectivity index (χ4n) is 1.43. The normalized spacial score (nSPS) is 21.7. The van der Waals surface area contributed by atoms with Gasteiger partial charge in [-0.25, -0.2) is 9.97 Å². The van der Waals surface area contributed by atoms with Gasteiger partial charge >= 0.3 is 0 Å². The van der Waals surface area contributed by atoms with Crippen molar-refractivity contribution >= 4 is 23.3 Å². The van der Waals surface area contributed by atoms with E-state index in [0.717, 1.165) is 0 Å². The van der Waals surface area contributed by atoms with Crippen molar-refractivity contribution in [1.82, 2.24) is 9.97 Å². The number of anilines is 1. The highest BCUT2D eigenvalue weighted by atomic mass is 35.5. The molecule has 1 aliphatic heterocycles. The molecule has 0 spiro atoms. The summed E-state index contributed by atoms with van der Waals surface area (Å²) in [6.07, 6.45) is 1.69. The zero-order chi connectivity index (χ0) is 10.1. The lowest BCUT2D eigenvalue weighted by molar-refractivity contribution is -0.117. The number of halogens is 1. The van der Waals surface area contributed by atoms with Gasteiger partial charge in [-0.05, 0) is 0 Å². The molecule has 0 aliphatic carbocycles. The van der Waals surface area contributed by atoms with Gasteiger partial charge in [0.05, 0.1) is 0 Å². The van der Waals surface area contributed by atoms with Crippen molar-refractivity contribution < 1.29 is 4.79 Å². The standard InChI is InChI=1S/C8H9ClN4O/c9-6-2-7(12-4-11-6)13-3-5(10)1-8(13)14/h2,4-5H,1,3,10H2. The minimum absolute atomic E-state index is 0.0210. The number of carbonyl (C=O) groups excluding carboxylic acids is 1. The molecule has 0 saturated carbocycles. The maximum Gasteiger partial charge on any atom is 0.229 e. The van der Waals surface area contributed by atoms with E-state index < -0.39 is 0 Å². The van der Waals surface area contributed by atoms with Crippen molar-refractivity contribution in [2.24, 2.45) is 5.73 Å². The van der Waals surface area contributed by atoms with Crippen molar-refractivity contribution in [3.05, 3.63) is 17.5 Å². The van der Waals surface area contributed by atoms with Gasteiger partial charge in [0.25, 0.3) is 0 Å². The van der Waals surface area contributed by atoms with Crippen molar-refractivity contribution in [2.45, 2.75) is 12.5 Å². The maximum absolute atomic E-state index is 11.4. The van der Waals surface area contributed by atoms with E-state index in [4.69, 9.17) is 17.3 Å². The largest absolute Gasteiger partial charge is 0.326 e. The quantitative estimate of drug-likeness (QED) is 0.675. The molecule has 2 rings (SSSR count). The van der Waals surface area contributed by atoms with Gasteiger partial charge in [-0.3, -0.25) is 9.69 Å². The number of nitrogens with zero attached hydrogens (tertiary/aromatic N) is 3. The maximum atomic E-state index is 11.4. The van der Waals surface area contributed by atoms with E-state index in [-0.39, 0.29) is 11.9 Å². The Morgan fingerprint density at radius 1 is 1.57 bits per heavy atom. The number of hydrogen-bond acceptors (Lipinski definition) is 4. The summed E-state index contributed by atoms with van der Waals surface area (Å²) in [5.41, 5.74) is 5.65. The van der Waals surface area contributed by atoms with Gasteiger partial charge in [-0.15, -0.1) is 0 Å². The molecule has 1 aromatic heterocycles. The first-order valence-corrected chi connectivity index (χ1v) is 4.58. The van der Waals surface area contributed by atoms with E-state index in [1.165, 1.54) is 11.2 Å². The van der Waals surface area contributed by atoms with E-state index in [1.807, 2.05) is 0 Å². The van der Waals surface area contributed by atoms with Gasteiger partial charge in [0.2, 0.25) is 5.91 Å². The van der Waals surface area contributed by atoms with E-state index in [0.29, 0.717) is 23.9 Å². The zero-order valence-electron chi connectivity index (χ0n) is 7.35. The first-order chi connectivity index (χ1) is 6.66. The van der Waals surface area contributed by atoms with Crippen molar-refractivity contribution in [2.75, 3.05) is 11.4 Å². The molecule has 2 N–H and O–H groups in total. The molecule has 1 unspecified atom stereocenters. The molecule has 0 aromatic carbocycles. The van der Waals surface area contributed by atoms with Crippen LogP contribution >= 0.6 is 11.6 Å². The summed E-state index contributed by atoms with van der Waals surface area (Å²) in [7, 11) is 0. The summed E-state index contributed by atoms with van der Waals surface area (Å²) in [6, 6.07) is 1.44. The Kier molecular flexibility index (Phi) is 2.35. The smallest absolute Gasteiger partial charge is 0.229 e. The number of rotatable bonds is 1. The van der Waals surface area contributed by atoms with Crippen LogP contribution in [0.3, 0.4) is 0 Å².